The summed E-state index contributed by atoms with van der Waals surface area (Å²) >= 11 is 0. The Balaban J connectivity index is 1.22. The molecule has 4 rings (SSSR count). The molecule has 0 spiro atoms. The Kier molecular flexibility index (Phi) is 8.36. The van der Waals surface area contributed by atoms with Crippen LogP contribution in [0.5, 0.6) is 0 Å². The van der Waals surface area contributed by atoms with E-state index < -0.39 is 0 Å². The third-order valence-electron chi connectivity index (χ3n) is 6.65. The highest BCUT2D eigenvalue weighted by molar-refractivity contribution is 5.93. The van der Waals surface area contributed by atoms with Gasteiger partial charge in [-0.1, -0.05) is 31.2 Å². The number of hydrogen-bond donors (Lipinski definition) is 2. The van der Waals surface area contributed by atoms with Gasteiger partial charge in [0.25, 0.3) is 0 Å². The van der Waals surface area contributed by atoms with Crippen molar-refractivity contribution in [2.24, 2.45) is 0 Å². The van der Waals surface area contributed by atoms with Crippen LogP contribution >= 0.6 is 0 Å². The number of piperidine rings is 1. The van der Waals surface area contributed by atoms with E-state index in [1.165, 1.54) is 19.3 Å². The second kappa shape index (κ2) is 11.8. The van der Waals surface area contributed by atoms with Crippen LogP contribution in [0.2, 0.25) is 0 Å². The SMILES string of the molecule is CCc1ccccc1NC(=O)CN1CCN(C(=O)NCc2cccnc2N2CCCCC2)CC1. The lowest BCUT2D eigenvalue weighted by Crippen LogP contribution is -2.52. The van der Waals surface area contributed by atoms with E-state index in [2.05, 4.69) is 32.3 Å². The highest BCUT2D eigenvalue weighted by Crippen LogP contribution is 2.21. The fraction of sp³-hybridized carbons (Fsp3) is 0.500. The third kappa shape index (κ3) is 6.26. The summed E-state index contributed by atoms with van der Waals surface area (Å²) in [6, 6.07) is 11.8. The van der Waals surface area contributed by atoms with Gasteiger partial charge in [-0.05, 0) is 43.4 Å². The zero-order chi connectivity index (χ0) is 23.8. The summed E-state index contributed by atoms with van der Waals surface area (Å²) in [5, 5.41) is 6.10. The van der Waals surface area contributed by atoms with E-state index >= 15 is 0 Å². The smallest absolute Gasteiger partial charge is 0.317 e. The van der Waals surface area contributed by atoms with Gasteiger partial charge in [0.15, 0.2) is 0 Å². The van der Waals surface area contributed by atoms with Gasteiger partial charge in [-0.25, -0.2) is 9.78 Å². The average Bonchev–Trinajstić information content (AvgIpc) is 2.88. The summed E-state index contributed by atoms with van der Waals surface area (Å²) in [6.45, 7) is 7.52. The number of nitrogens with zero attached hydrogens (tertiary/aromatic N) is 4. The van der Waals surface area contributed by atoms with Gasteiger partial charge in [-0.15, -0.1) is 0 Å². The molecule has 2 fully saturated rings. The Morgan fingerprint density at radius 3 is 2.41 bits per heavy atom. The summed E-state index contributed by atoms with van der Waals surface area (Å²) < 4.78 is 0. The first kappa shape index (κ1) is 24.0. The van der Waals surface area contributed by atoms with E-state index in [9.17, 15) is 9.59 Å². The number of para-hydroxylation sites is 1. The number of pyridine rings is 1. The van der Waals surface area contributed by atoms with Crippen molar-refractivity contribution in [3.63, 3.8) is 0 Å². The minimum absolute atomic E-state index is 0.0133. The van der Waals surface area contributed by atoms with Crippen molar-refractivity contribution < 1.29 is 9.59 Å². The van der Waals surface area contributed by atoms with Gasteiger partial charge in [0.1, 0.15) is 5.82 Å². The summed E-state index contributed by atoms with van der Waals surface area (Å²) in [6.07, 6.45) is 6.36. The van der Waals surface area contributed by atoms with Gasteiger partial charge >= 0.3 is 6.03 Å². The second-order valence-corrected chi connectivity index (χ2v) is 9.01. The molecule has 8 heteroatoms. The maximum atomic E-state index is 12.8. The van der Waals surface area contributed by atoms with Crippen LogP contribution in [0.1, 0.15) is 37.3 Å². The van der Waals surface area contributed by atoms with Crippen LogP contribution in [0.4, 0.5) is 16.3 Å². The summed E-state index contributed by atoms with van der Waals surface area (Å²) in [5.41, 5.74) is 3.07. The number of carbonyl (C=O) groups excluding carboxylic acids is 2. The number of amides is 3. The fourth-order valence-electron chi connectivity index (χ4n) is 4.69. The number of hydrogen-bond acceptors (Lipinski definition) is 5. The molecule has 8 nitrogen and oxygen atoms in total. The Bertz CT molecular complexity index is 967. The number of urea groups is 1. The predicted molar refractivity (Wildman–Crippen MR) is 135 cm³/mol. The summed E-state index contributed by atoms with van der Waals surface area (Å²) in [4.78, 5) is 36.2. The fourth-order valence-corrected chi connectivity index (χ4v) is 4.69. The van der Waals surface area contributed by atoms with Gasteiger partial charge < -0.3 is 20.4 Å². The lowest BCUT2D eigenvalue weighted by Gasteiger charge is -2.34. The standard InChI is InChI=1S/C26H36N6O2/c1-2-21-9-4-5-11-23(21)29-24(33)20-30-15-17-32(18-16-30)26(34)28-19-22-10-8-12-27-25(22)31-13-6-3-7-14-31/h4-5,8-12H,2-3,6-7,13-20H2,1H3,(H,28,34)(H,29,33). The Hall–Kier alpha value is -3.13. The Morgan fingerprint density at radius 1 is 0.912 bits per heavy atom. The average molecular weight is 465 g/mol. The van der Waals surface area contributed by atoms with E-state index in [4.69, 9.17) is 0 Å². The summed E-state index contributed by atoms with van der Waals surface area (Å²) in [5.74, 6) is 0.976. The van der Waals surface area contributed by atoms with E-state index in [0.717, 1.165) is 42.1 Å². The maximum Gasteiger partial charge on any atom is 0.317 e. The molecule has 1 aromatic carbocycles. The molecule has 182 valence electrons. The molecule has 0 saturated carbocycles. The largest absolute Gasteiger partial charge is 0.356 e. The molecule has 0 atom stereocenters. The molecule has 0 radical (unpaired) electrons. The van der Waals surface area contributed by atoms with Crippen molar-refractivity contribution in [3.05, 3.63) is 53.7 Å². The van der Waals surface area contributed by atoms with Crippen LogP contribution in [0.25, 0.3) is 0 Å². The molecule has 2 aliphatic rings. The van der Waals surface area contributed by atoms with Crippen molar-refractivity contribution in [3.8, 4) is 0 Å². The number of benzene rings is 1. The van der Waals surface area contributed by atoms with Gasteiger partial charge in [-0.2, -0.15) is 0 Å². The number of nitrogens with one attached hydrogen (secondary N) is 2. The Labute approximate surface area is 202 Å². The van der Waals surface area contributed by atoms with E-state index in [1.807, 2.05) is 47.5 Å². The number of aryl methyl sites for hydroxylation is 1. The van der Waals surface area contributed by atoms with Crippen molar-refractivity contribution >= 4 is 23.4 Å². The Morgan fingerprint density at radius 2 is 1.65 bits per heavy atom. The van der Waals surface area contributed by atoms with Gasteiger partial charge in [-0.3, -0.25) is 9.69 Å². The van der Waals surface area contributed by atoms with Gasteiger partial charge in [0.2, 0.25) is 5.91 Å². The lowest BCUT2D eigenvalue weighted by atomic mass is 10.1. The molecule has 0 aliphatic carbocycles. The van der Waals surface area contributed by atoms with Crippen molar-refractivity contribution in [1.82, 2.24) is 20.1 Å². The van der Waals surface area contributed by atoms with Crippen LogP contribution in [-0.4, -0.2) is 72.5 Å². The first-order chi connectivity index (χ1) is 16.6. The zero-order valence-electron chi connectivity index (χ0n) is 20.1. The lowest BCUT2D eigenvalue weighted by molar-refractivity contribution is -0.117. The molecule has 2 aliphatic heterocycles. The van der Waals surface area contributed by atoms with Crippen LogP contribution in [-0.2, 0) is 17.8 Å². The molecule has 3 heterocycles. The van der Waals surface area contributed by atoms with Crippen LogP contribution in [0.15, 0.2) is 42.6 Å². The number of carbonyl (C=O) groups is 2. The topological polar surface area (TPSA) is 80.8 Å². The van der Waals surface area contributed by atoms with E-state index in [-0.39, 0.29) is 11.9 Å². The van der Waals surface area contributed by atoms with E-state index in [0.29, 0.717) is 39.3 Å². The molecular formula is C26H36N6O2. The molecule has 34 heavy (non-hydrogen) atoms. The van der Waals surface area contributed by atoms with Crippen molar-refractivity contribution in [2.45, 2.75) is 39.2 Å². The molecule has 2 N–H and O–H groups in total. The van der Waals surface area contributed by atoms with Gasteiger partial charge in [0.05, 0.1) is 6.54 Å². The monoisotopic (exact) mass is 464 g/mol. The number of aromatic nitrogens is 1. The van der Waals surface area contributed by atoms with Crippen LogP contribution < -0.4 is 15.5 Å². The highest BCUT2D eigenvalue weighted by Gasteiger charge is 2.23. The normalized spacial score (nSPS) is 16.9. The predicted octanol–water partition coefficient (Wildman–Crippen LogP) is 3.10. The zero-order valence-corrected chi connectivity index (χ0v) is 20.1. The minimum Gasteiger partial charge on any atom is -0.356 e. The quantitative estimate of drug-likeness (QED) is 0.658. The first-order valence-corrected chi connectivity index (χ1v) is 12.5. The number of anilines is 2. The van der Waals surface area contributed by atoms with Crippen molar-refractivity contribution in [2.75, 3.05) is 56.0 Å². The van der Waals surface area contributed by atoms with Crippen LogP contribution in [0, 0.1) is 0 Å². The molecular weight excluding hydrogens is 428 g/mol. The third-order valence-corrected chi connectivity index (χ3v) is 6.65. The molecule has 2 aromatic rings. The van der Waals surface area contributed by atoms with Crippen molar-refractivity contribution in [1.29, 1.82) is 0 Å². The molecule has 0 bridgehead atoms. The van der Waals surface area contributed by atoms with Crippen LogP contribution in [0.3, 0.4) is 0 Å². The maximum absolute atomic E-state index is 12.8. The highest BCUT2D eigenvalue weighted by atomic mass is 16.2. The first-order valence-electron chi connectivity index (χ1n) is 12.5. The second-order valence-electron chi connectivity index (χ2n) is 9.01. The molecule has 1 aromatic heterocycles. The molecule has 3 amide bonds. The van der Waals surface area contributed by atoms with E-state index in [1.54, 1.807) is 0 Å². The number of piperazine rings is 1. The molecule has 0 unspecified atom stereocenters. The minimum atomic E-state index is -0.0607. The van der Waals surface area contributed by atoms with Gasteiger partial charge in [0, 0.05) is 63.3 Å². The number of rotatable bonds is 7. The summed E-state index contributed by atoms with van der Waals surface area (Å²) in [7, 11) is 0. The molecule has 2 saturated heterocycles.